The number of carbonyl (C=O) groups is 2. The number of amides is 3. The number of carbonyl (C=O) groups excluding carboxylic acids is 2. The van der Waals surface area contributed by atoms with Gasteiger partial charge in [0, 0.05) is 44.3 Å². The second-order valence-electron chi connectivity index (χ2n) is 6.64. The van der Waals surface area contributed by atoms with Gasteiger partial charge in [0.1, 0.15) is 5.76 Å². The highest BCUT2D eigenvalue weighted by Crippen LogP contribution is 2.19. The molecular weight excluding hydrogens is 308 g/mol. The highest BCUT2D eigenvalue weighted by Gasteiger charge is 2.30. The number of hydrogen-bond donors (Lipinski definition) is 2. The number of piperazine rings is 1. The lowest BCUT2D eigenvalue weighted by Gasteiger charge is -2.37. The molecule has 1 saturated carbocycles. The monoisotopic (exact) mass is 334 g/mol. The van der Waals surface area contributed by atoms with Crippen LogP contribution in [0.1, 0.15) is 31.1 Å². The van der Waals surface area contributed by atoms with Crippen molar-refractivity contribution in [3.8, 4) is 0 Å². The van der Waals surface area contributed by atoms with Crippen molar-refractivity contribution >= 4 is 11.9 Å². The van der Waals surface area contributed by atoms with E-state index in [-0.39, 0.29) is 18.0 Å². The Bertz CT molecular complexity index is 588. The molecule has 1 aliphatic carbocycles. The van der Waals surface area contributed by atoms with Crippen LogP contribution in [0.2, 0.25) is 0 Å². The Balaban J connectivity index is 1.41. The number of furan rings is 1. The summed E-state index contributed by atoms with van der Waals surface area (Å²) >= 11 is 0. The maximum absolute atomic E-state index is 12.3. The van der Waals surface area contributed by atoms with E-state index in [0.717, 1.165) is 37.3 Å². The summed E-state index contributed by atoms with van der Waals surface area (Å²) in [5.74, 6) is 0.932. The van der Waals surface area contributed by atoms with E-state index in [9.17, 15) is 9.59 Å². The first-order chi connectivity index (χ1) is 11.5. The van der Waals surface area contributed by atoms with Gasteiger partial charge in [-0.15, -0.1) is 0 Å². The Hall–Kier alpha value is -2.02. The predicted molar refractivity (Wildman–Crippen MR) is 89.5 cm³/mol. The first kappa shape index (κ1) is 16.8. The average molecular weight is 334 g/mol. The normalized spacial score (nSPS) is 19.8. The van der Waals surface area contributed by atoms with Crippen molar-refractivity contribution in [1.29, 1.82) is 0 Å². The molecule has 2 fully saturated rings. The van der Waals surface area contributed by atoms with Gasteiger partial charge in [-0.2, -0.15) is 0 Å². The number of rotatable bonds is 5. The third-order valence-corrected chi connectivity index (χ3v) is 4.85. The molecule has 1 aromatic rings. The van der Waals surface area contributed by atoms with Crippen LogP contribution in [0.4, 0.5) is 4.79 Å². The summed E-state index contributed by atoms with van der Waals surface area (Å²) in [6, 6.07) is 2.06. The van der Waals surface area contributed by atoms with E-state index in [4.69, 9.17) is 4.42 Å². The number of hydrogen-bond acceptors (Lipinski definition) is 4. The van der Waals surface area contributed by atoms with Gasteiger partial charge in [-0.25, -0.2) is 4.79 Å². The van der Waals surface area contributed by atoms with E-state index in [1.807, 2.05) is 19.9 Å². The topological polar surface area (TPSA) is 77.8 Å². The second-order valence-corrected chi connectivity index (χ2v) is 6.64. The van der Waals surface area contributed by atoms with Crippen molar-refractivity contribution in [2.75, 3.05) is 26.2 Å². The molecule has 2 N–H and O–H groups in total. The summed E-state index contributed by atoms with van der Waals surface area (Å²) in [7, 11) is 0. The first-order valence-corrected chi connectivity index (χ1v) is 8.65. The van der Waals surface area contributed by atoms with Crippen molar-refractivity contribution in [1.82, 2.24) is 20.4 Å². The Kier molecular flexibility index (Phi) is 5.08. The molecule has 0 spiro atoms. The second kappa shape index (κ2) is 7.25. The largest absolute Gasteiger partial charge is 0.469 e. The predicted octanol–water partition coefficient (Wildman–Crippen LogP) is 1.08. The quantitative estimate of drug-likeness (QED) is 0.845. The molecule has 0 aromatic carbocycles. The van der Waals surface area contributed by atoms with E-state index in [1.54, 1.807) is 11.2 Å². The number of aryl methyl sites for hydroxylation is 1. The minimum atomic E-state index is -0.135. The van der Waals surface area contributed by atoms with Crippen LogP contribution in [0.3, 0.4) is 0 Å². The smallest absolute Gasteiger partial charge is 0.317 e. The van der Waals surface area contributed by atoms with E-state index in [1.165, 1.54) is 0 Å². The lowest BCUT2D eigenvalue weighted by atomic mass is 10.2. The summed E-state index contributed by atoms with van der Waals surface area (Å²) in [5, 5.41) is 5.97. The van der Waals surface area contributed by atoms with Crippen LogP contribution < -0.4 is 10.6 Å². The van der Waals surface area contributed by atoms with Gasteiger partial charge in [-0.3, -0.25) is 9.69 Å². The zero-order chi connectivity index (χ0) is 17.1. The number of urea groups is 1. The molecule has 2 heterocycles. The van der Waals surface area contributed by atoms with E-state index >= 15 is 0 Å². The number of nitrogens with one attached hydrogen (secondary N) is 2. The van der Waals surface area contributed by atoms with Crippen molar-refractivity contribution in [2.45, 2.75) is 45.3 Å². The van der Waals surface area contributed by atoms with Gasteiger partial charge in [0.2, 0.25) is 5.91 Å². The van der Waals surface area contributed by atoms with Crippen LogP contribution in [0.15, 0.2) is 16.7 Å². The molecular formula is C17H26N4O3. The van der Waals surface area contributed by atoms with Crippen LogP contribution in [-0.4, -0.2) is 60.0 Å². The maximum Gasteiger partial charge on any atom is 0.317 e. The Morgan fingerprint density at radius 3 is 2.58 bits per heavy atom. The highest BCUT2D eigenvalue weighted by molar-refractivity contribution is 5.82. The summed E-state index contributed by atoms with van der Waals surface area (Å²) in [6.07, 6.45) is 3.83. The molecule has 7 heteroatoms. The zero-order valence-electron chi connectivity index (χ0n) is 14.4. The summed E-state index contributed by atoms with van der Waals surface area (Å²) in [4.78, 5) is 28.3. The SMILES string of the molecule is Cc1occc1CNC(=O)N1CCN([C@@H](C)C(=O)NC2CC2)CC1. The minimum Gasteiger partial charge on any atom is -0.469 e. The molecule has 3 rings (SSSR count). The molecule has 1 saturated heterocycles. The van der Waals surface area contributed by atoms with Gasteiger partial charge < -0.3 is 20.0 Å². The first-order valence-electron chi connectivity index (χ1n) is 8.65. The van der Waals surface area contributed by atoms with Gasteiger partial charge in [0.15, 0.2) is 0 Å². The van der Waals surface area contributed by atoms with Crippen molar-refractivity contribution < 1.29 is 14.0 Å². The van der Waals surface area contributed by atoms with E-state index in [0.29, 0.717) is 25.7 Å². The van der Waals surface area contributed by atoms with Crippen LogP contribution in [0, 0.1) is 6.92 Å². The third-order valence-electron chi connectivity index (χ3n) is 4.85. The molecule has 0 unspecified atom stereocenters. The lowest BCUT2D eigenvalue weighted by molar-refractivity contribution is -0.126. The van der Waals surface area contributed by atoms with Gasteiger partial charge in [0.25, 0.3) is 0 Å². The molecule has 1 atom stereocenters. The van der Waals surface area contributed by atoms with Gasteiger partial charge in [0.05, 0.1) is 12.3 Å². The standard InChI is InChI=1S/C17H26N4O3/c1-12(16(22)19-15-3-4-15)20-6-8-21(9-7-20)17(23)18-11-14-5-10-24-13(14)2/h5,10,12,15H,3-4,6-9,11H2,1-2H3,(H,18,23)(H,19,22)/t12-/m0/s1. The Morgan fingerprint density at radius 1 is 1.29 bits per heavy atom. The highest BCUT2D eigenvalue weighted by atomic mass is 16.3. The van der Waals surface area contributed by atoms with Crippen LogP contribution in [0.5, 0.6) is 0 Å². The maximum atomic E-state index is 12.3. The van der Waals surface area contributed by atoms with Crippen LogP contribution in [-0.2, 0) is 11.3 Å². The molecule has 1 aromatic heterocycles. The molecule has 2 aliphatic rings. The average Bonchev–Trinajstić information content (AvgIpc) is 3.31. The molecule has 0 bridgehead atoms. The van der Waals surface area contributed by atoms with E-state index in [2.05, 4.69) is 15.5 Å². The summed E-state index contributed by atoms with van der Waals surface area (Å²) in [6.45, 7) is 7.01. The van der Waals surface area contributed by atoms with Crippen molar-refractivity contribution in [3.63, 3.8) is 0 Å². The zero-order valence-corrected chi connectivity index (χ0v) is 14.4. The molecule has 132 valence electrons. The summed E-state index contributed by atoms with van der Waals surface area (Å²) in [5.41, 5.74) is 0.993. The van der Waals surface area contributed by atoms with Gasteiger partial charge in [-0.1, -0.05) is 0 Å². The molecule has 24 heavy (non-hydrogen) atoms. The fourth-order valence-electron chi connectivity index (χ4n) is 2.90. The van der Waals surface area contributed by atoms with Crippen LogP contribution >= 0.6 is 0 Å². The van der Waals surface area contributed by atoms with Gasteiger partial charge >= 0.3 is 6.03 Å². The minimum absolute atomic E-state index is 0.0645. The van der Waals surface area contributed by atoms with Crippen molar-refractivity contribution in [3.05, 3.63) is 23.7 Å². The summed E-state index contributed by atoms with van der Waals surface area (Å²) < 4.78 is 5.23. The molecule has 3 amide bonds. The van der Waals surface area contributed by atoms with Gasteiger partial charge in [-0.05, 0) is 32.8 Å². The molecule has 1 aliphatic heterocycles. The fourth-order valence-corrected chi connectivity index (χ4v) is 2.90. The Morgan fingerprint density at radius 2 is 2.00 bits per heavy atom. The third kappa shape index (κ3) is 4.08. The van der Waals surface area contributed by atoms with Crippen LogP contribution in [0.25, 0.3) is 0 Å². The number of nitrogens with zero attached hydrogens (tertiary/aromatic N) is 2. The molecule has 7 nitrogen and oxygen atoms in total. The van der Waals surface area contributed by atoms with Crippen molar-refractivity contribution in [2.24, 2.45) is 0 Å². The molecule has 0 radical (unpaired) electrons. The Labute approximate surface area is 142 Å². The van der Waals surface area contributed by atoms with E-state index < -0.39 is 0 Å². The lowest BCUT2D eigenvalue weighted by Crippen LogP contribution is -2.56. The fraction of sp³-hybridized carbons (Fsp3) is 0.647.